The van der Waals surface area contributed by atoms with Crippen molar-refractivity contribution in [1.29, 1.82) is 0 Å². The molecular formula is C28H28N4O5. The summed E-state index contributed by atoms with van der Waals surface area (Å²) in [5, 5.41) is 14.6. The molecule has 9 heteroatoms. The zero-order chi connectivity index (χ0) is 25.7. The van der Waals surface area contributed by atoms with Gasteiger partial charge in [-0.25, -0.2) is 0 Å². The van der Waals surface area contributed by atoms with Crippen LogP contribution in [0.1, 0.15) is 29.2 Å². The van der Waals surface area contributed by atoms with Gasteiger partial charge in [0.05, 0.1) is 18.0 Å². The number of benzene rings is 2. The first kappa shape index (κ1) is 23.3. The van der Waals surface area contributed by atoms with Crippen LogP contribution in [0.15, 0.2) is 65.5 Å². The summed E-state index contributed by atoms with van der Waals surface area (Å²) in [4.78, 5) is 39.8. The van der Waals surface area contributed by atoms with Crippen molar-refractivity contribution in [3.63, 3.8) is 0 Å². The molecule has 3 aliphatic heterocycles. The minimum Gasteiger partial charge on any atom is -0.496 e. The number of fused-ring (bicyclic) bond motifs is 8. The van der Waals surface area contributed by atoms with Crippen LogP contribution in [0.3, 0.4) is 0 Å². The molecule has 190 valence electrons. The van der Waals surface area contributed by atoms with Crippen molar-refractivity contribution in [2.24, 2.45) is 11.8 Å². The SMILES string of the molecule is COc1ccccc1CNC(=O)[C@@H]1Cc2cc([N+](=O)[O-])ccc2N2C[C@H]3C[C@H](Cn4c3cccc4=O)[C@@H]12. The molecule has 3 aromatic rings. The molecule has 0 unspecified atom stereocenters. The number of nitro benzene ring substituents is 1. The van der Waals surface area contributed by atoms with E-state index in [9.17, 15) is 19.7 Å². The minimum absolute atomic E-state index is 0.00958. The first-order chi connectivity index (χ1) is 17.9. The lowest BCUT2D eigenvalue weighted by Crippen LogP contribution is -2.61. The van der Waals surface area contributed by atoms with Gasteiger partial charge in [0, 0.05) is 66.7 Å². The fourth-order valence-electron chi connectivity index (χ4n) is 6.61. The van der Waals surface area contributed by atoms with E-state index in [2.05, 4.69) is 10.2 Å². The molecule has 9 nitrogen and oxygen atoms in total. The van der Waals surface area contributed by atoms with E-state index < -0.39 is 10.8 Å². The minimum atomic E-state index is -0.406. The third-order valence-corrected chi connectivity index (χ3v) is 8.18. The Hall–Kier alpha value is -4.14. The van der Waals surface area contributed by atoms with E-state index in [1.807, 2.05) is 47.0 Å². The maximum absolute atomic E-state index is 13.7. The molecule has 0 aliphatic carbocycles. The summed E-state index contributed by atoms with van der Waals surface area (Å²) in [6.45, 7) is 1.54. The van der Waals surface area contributed by atoms with Crippen molar-refractivity contribution < 1.29 is 14.5 Å². The maximum atomic E-state index is 13.7. The van der Waals surface area contributed by atoms with Gasteiger partial charge in [-0.3, -0.25) is 19.7 Å². The van der Waals surface area contributed by atoms with Crippen LogP contribution in [0.25, 0.3) is 0 Å². The van der Waals surface area contributed by atoms with Crippen molar-refractivity contribution in [3.05, 3.63) is 98.0 Å². The normalized spacial score (nSPS) is 23.3. The number of carbonyl (C=O) groups excluding carboxylic acids is 1. The lowest BCUT2D eigenvalue weighted by Gasteiger charge is -2.54. The number of hydrogen-bond donors (Lipinski definition) is 1. The number of amides is 1. The van der Waals surface area contributed by atoms with Gasteiger partial charge in [0.2, 0.25) is 5.91 Å². The summed E-state index contributed by atoms with van der Waals surface area (Å²) in [5.41, 5.74) is 3.68. The van der Waals surface area contributed by atoms with Gasteiger partial charge >= 0.3 is 0 Å². The van der Waals surface area contributed by atoms with Crippen LogP contribution >= 0.6 is 0 Å². The average molecular weight is 501 g/mol. The van der Waals surface area contributed by atoms with Gasteiger partial charge in [0.25, 0.3) is 11.2 Å². The second-order valence-corrected chi connectivity index (χ2v) is 10.1. The topological polar surface area (TPSA) is 107 Å². The highest BCUT2D eigenvalue weighted by molar-refractivity contribution is 5.82. The highest BCUT2D eigenvalue weighted by Crippen LogP contribution is 2.47. The number of pyridine rings is 1. The molecule has 0 spiro atoms. The molecule has 1 N–H and O–H groups in total. The second kappa shape index (κ2) is 9.06. The fraction of sp³-hybridized carbons (Fsp3) is 0.357. The summed E-state index contributed by atoms with van der Waals surface area (Å²) >= 11 is 0. The predicted molar refractivity (Wildman–Crippen MR) is 138 cm³/mol. The largest absolute Gasteiger partial charge is 0.496 e. The highest BCUT2D eigenvalue weighted by Gasteiger charge is 2.49. The second-order valence-electron chi connectivity index (χ2n) is 10.1. The molecule has 3 aliphatic rings. The van der Waals surface area contributed by atoms with Crippen molar-refractivity contribution in [2.75, 3.05) is 18.6 Å². The molecule has 4 heterocycles. The Balaban J connectivity index is 1.37. The summed E-state index contributed by atoms with van der Waals surface area (Å²) in [6.07, 6.45) is 1.32. The van der Waals surface area contributed by atoms with E-state index in [-0.39, 0.29) is 35.0 Å². The number of nitrogens with one attached hydrogen (secondary N) is 1. The van der Waals surface area contributed by atoms with Crippen molar-refractivity contribution in [1.82, 2.24) is 9.88 Å². The van der Waals surface area contributed by atoms with Crippen molar-refractivity contribution in [2.45, 2.75) is 37.9 Å². The van der Waals surface area contributed by atoms with Crippen LogP contribution < -0.4 is 20.5 Å². The van der Waals surface area contributed by atoms with Crippen molar-refractivity contribution in [3.8, 4) is 5.75 Å². The van der Waals surface area contributed by atoms with Crippen LogP contribution in [-0.4, -0.2) is 35.1 Å². The number of hydrogen-bond acceptors (Lipinski definition) is 6. The first-order valence-corrected chi connectivity index (χ1v) is 12.6. The van der Waals surface area contributed by atoms with E-state index in [1.54, 1.807) is 25.3 Å². The quantitative estimate of drug-likeness (QED) is 0.426. The molecule has 2 bridgehead atoms. The Labute approximate surface area is 213 Å². The van der Waals surface area contributed by atoms with Gasteiger partial charge in [-0.1, -0.05) is 24.3 Å². The Morgan fingerprint density at radius 2 is 1.97 bits per heavy atom. The lowest BCUT2D eigenvalue weighted by molar-refractivity contribution is -0.384. The molecule has 37 heavy (non-hydrogen) atoms. The van der Waals surface area contributed by atoms with Crippen LogP contribution in [0.2, 0.25) is 0 Å². The van der Waals surface area contributed by atoms with Gasteiger partial charge in [-0.05, 0) is 42.5 Å². The molecule has 2 aromatic carbocycles. The number of aromatic nitrogens is 1. The number of methoxy groups -OCH3 is 1. The smallest absolute Gasteiger partial charge is 0.269 e. The molecule has 1 saturated heterocycles. The van der Waals surface area contributed by atoms with Gasteiger partial charge in [-0.2, -0.15) is 0 Å². The van der Waals surface area contributed by atoms with Crippen LogP contribution in [-0.2, 0) is 24.3 Å². The van der Waals surface area contributed by atoms with Crippen molar-refractivity contribution >= 4 is 17.3 Å². The summed E-state index contributed by atoms with van der Waals surface area (Å²) < 4.78 is 7.30. The Bertz CT molecular complexity index is 1450. The Kier molecular flexibility index (Phi) is 5.70. The Morgan fingerprint density at radius 3 is 2.78 bits per heavy atom. The van der Waals surface area contributed by atoms with E-state index in [0.29, 0.717) is 31.8 Å². The zero-order valence-electron chi connectivity index (χ0n) is 20.5. The zero-order valence-corrected chi connectivity index (χ0v) is 20.5. The third kappa shape index (κ3) is 3.94. The molecule has 0 saturated carbocycles. The average Bonchev–Trinajstić information content (AvgIpc) is 2.91. The molecule has 1 amide bonds. The van der Waals surface area contributed by atoms with Crippen LogP contribution in [0.4, 0.5) is 11.4 Å². The lowest BCUT2D eigenvalue weighted by atomic mass is 9.70. The van der Waals surface area contributed by atoms with E-state index in [4.69, 9.17) is 4.74 Å². The number of anilines is 1. The summed E-state index contributed by atoms with van der Waals surface area (Å²) in [5.74, 6) is 0.468. The number of nitro groups is 1. The molecule has 6 rings (SSSR count). The number of nitrogens with zero attached hydrogens (tertiary/aromatic N) is 3. The number of carbonyl (C=O) groups is 1. The van der Waals surface area contributed by atoms with E-state index >= 15 is 0 Å². The highest BCUT2D eigenvalue weighted by atomic mass is 16.6. The monoisotopic (exact) mass is 500 g/mol. The first-order valence-electron chi connectivity index (χ1n) is 12.6. The van der Waals surface area contributed by atoms with Gasteiger partial charge < -0.3 is 19.5 Å². The number of non-ortho nitro benzene ring substituents is 1. The van der Waals surface area contributed by atoms with Gasteiger partial charge in [0.1, 0.15) is 5.75 Å². The molecule has 1 aromatic heterocycles. The van der Waals surface area contributed by atoms with Crippen LogP contribution in [0, 0.1) is 22.0 Å². The van der Waals surface area contributed by atoms with Gasteiger partial charge in [0.15, 0.2) is 0 Å². The third-order valence-electron chi connectivity index (χ3n) is 8.18. The summed E-state index contributed by atoms with van der Waals surface area (Å²) in [6, 6.07) is 17.8. The molecular weight excluding hydrogens is 472 g/mol. The fourth-order valence-corrected chi connectivity index (χ4v) is 6.61. The molecule has 0 radical (unpaired) electrons. The summed E-state index contributed by atoms with van der Waals surface area (Å²) in [7, 11) is 1.60. The number of piperidine rings is 1. The van der Waals surface area contributed by atoms with E-state index in [0.717, 1.165) is 28.9 Å². The number of para-hydroxylation sites is 1. The Morgan fingerprint density at radius 1 is 1.14 bits per heavy atom. The molecule has 1 fully saturated rings. The van der Waals surface area contributed by atoms with E-state index in [1.165, 1.54) is 0 Å². The van der Waals surface area contributed by atoms with Gasteiger partial charge in [-0.15, -0.1) is 0 Å². The number of ether oxygens (including phenoxy) is 1. The van der Waals surface area contributed by atoms with Crippen LogP contribution in [0.5, 0.6) is 5.75 Å². The number of rotatable bonds is 5. The predicted octanol–water partition coefficient (Wildman–Crippen LogP) is 3.25. The maximum Gasteiger partial charge on any atom is 0.269 e. The molecule has 4 atom stereocenters. The standard InChI is InChI=1S/C28H28N4O5/c1-37-25-7-3-2-5-17(25)14-29-28(34)22-13-18-12-21(32(35)36)9-10-24(18)31-15-19-11-20(27(22)31)16-30-23(19)6-4-8-26(30)33/h2-10,12,19-20,22,27H,11,13-16H2,1H3,(H,29,34)/t19-,20-,22-,27+/m1/s1.